The van der Waals surface area contributed by atoms with E-state index in [2.05, 4.69) is 5.32 Å². The van der Waals surface area contributed by atoms with Crippen LogP contribution in [0.4, 0.5) is 0 Å². The van der Waals surface area contributed by atoms with Crippen molar-refractivity contribution in [1.82, 2.24) is 5.32 Å². The van der Waals surface area contributed by atoms with Crippen molar-refractivity contribution in [3.8, 4) is 0 Å². The van der Waals surface area contributed by atoms with Gasteiger partial charge in [-0.1, -0.05) is 24.3 Å². The maximum Gasteiger partial charge on any atom is 0.244 e. The molecule has 0 bridgehead atoms. The van der Waals surface area contributed by atoms with Crippen LogP contribution < -0.4 is 5.32 Å². The van der Waals surface area contributed by atoms with Crippen LogP contribution >= 0.6 is 0 Å². The Balaban J connectivity index is 1.99. The van der Waals surface area contributed by atoms with E-state index >= 15 is 0 Å². The molecule has 1 aliphatic heterocycles. The minimum atomic E-state index is -0.536. The zero-order valence-corrected chi connectivity index (χ0v) is 11.8. The maximum atomic E-state index is 12.0. The Morgan fingerprint density at radius 1 is 1.40 bits per heavy atom. The molecule has 20 heavy (non-hydrogen) atoms. The van der Waals surface area contributed by atoms with Crippen molar-refractivity contribution in [1.29, 1.82) is 0 Å². The molecule has 0 unspecified atom stereocenters. The van der Waals surface area contributed by atoms with E-state index in [0.29, 0.717) is 26.1 Å². The van der Waals surface area contributed by atoms with E-state index in [1.54, 1.807) is 6.08 Å². The van der Waals surface area contributed by atoms with Gasteiger partial charge in [0.2, 0.25) is 5.91 Å². The van der Waals surface area contributed by atoms with Gasteiger partial charge in [-0.2, -0.15) is 0 Å². The molecule has 0 aliphatic carbocycles. The number of nitrogens with one attached hydrogen (secondary N) is 1. The van der Waals surface area contributed by atoms with Gasteiger partial charge in [-0.05, 0) is 37.0 Å². The van der Waals surface area contributed by atoms with Gasteiger partial charge in [-0.25, -0.2) is 0 Å². The molecule has 4 heteroatoms. The van der Waals surface area contributed by atoms with Gasteiger partial charge in [-0.15, -0.1) is 0 Å². The van der Waals surface area contributed by atoms with Crippen molar-refractivity contribution in [2.75, 3.05) is 19.8 Å². The highest BCUT2D eigenvalue weighted by molar-refractivity contribution is 5.92. The lowest BCUT2D eigenvalue weighted by atomic mass is 9.91. The first-order valence-corrected chi connectivity index (χ1v) is 6.90. The molecule has 1 aliphatic rings. The van der Waals surface area contributed by atoms with Crippen molar-refractivity contribution in [3.05, 3.63) is 41.5 Å². The van der Waals surface area contributed by atoms with Crippen molar-refractivity contribution in [3.63, 3.8) is 0 Å². The molecule has 0 saturated carbocycles. The second-order valence-corrected chi connectivity index (χ2v) is 5.23. The van der Waals surface area contributed by atoms with Gasteiger partial charge in [0.1, 0.15) is 0 Å². The maximum absolute atomic E-state index is 12.0. The minimum Gasteiger partial charge on any atom is -0.394 e. The Labute approximate surface area is 119 Å². The van der Waals surface area contributed by atoms with Crippen LogP contribution in [-0.2, 0) is 9.53 Å². The van der Waals surface area contributed by atoms with Crippen LogP contribution in [-0.4, -0.2) is 36.4 Å². The van der Waals surface area contributed by atoms with E-state index in [1.165, 1.54) is 6.08 Å². The molecule has 1 amide bonds. The van der Waals surface area contributed by atoms with Gasteiger partial charge >= 0.3 is 0 Å². The number of ether oxygens (including phenoxy) is 1. The van der Waals surface area contributed by atoms with Gasteiger partial charge in [0.25, 0.3) is 0 Å². The molecule has 108 valence electrons. The number of aliphatic hydroxyl groups is 1. The Kier molecular flexibility index (Phi) is 4.93. The molecule has 0 atom stereocenters. The minimum absolute atomic E-state index is 0.0553. The first-order valence-electron chi connectivity index (χ1n) is 6.90. The Morgan fingerprint density at radius 2 is 2.10 bits per heavy atom. The number of hydrogen-bond acceptors (Lipinski definition) is 3. The largest absolute Gasteiger partial charge is 0.394 e. The van der Waals surface area contributed by atoms with Crippen LogP contribution in [0.5, 0.6) is 0 Å². The summed E-state index contributed by atoms with van der Waals surface area (Å²) in [5, 5.41) is 12.4. The SMILES string of the molecule is Cc1ccccc1/C=C/C(=O)NC1(CO)CCOCC1. The van der Waals surface area contributed by atoms with Gasteiger partial charge in [-0.3, -0.25) is 4.79 Å². The fourth-order valence-corrected chi connectivity index (χ4v) is 2.33. The molecular weight excluding hydrogens is 254 g/mol. The normalized spacial score (nSPS) is 18.1. The third kappa shape index (κ3) is 3.68. The van der Waals surface area contributed by atoms with Gasteiger partial charge in [0.15, 0.2) is 0 Å². The summed E-state index contributed by atoms with van der Waals surface area (Å²) in [7, 11) is 0. The summed E-state index contributed by atoms with van der Waals surface area (Å²) in [6, 6.07) is 7.88. The average Bonchev–Trinajstić information content (AvgIpc) is 2.47. The lowest BCUT2D eigenvalue weighted by molar-refractivity contribution is -0.120. The summed E-state index contributed by atoms with van der Waals surface area (Å²) in [4.78, 5) is 12.0. The highest BCUT2D eigenvalue weighted by Crippen LogP contribution is 2.20. The number of rotatable bonds is 4. The second-order valence-electron chi connectivity index (χ2n) is 5.23. The van der Waals surface area contributed by atoms with Crippen molar-refractivity contribution >= 4 is 12.0 Å². The summed E-state index contributed by atoms with van der Waals surface area (Å²) in [6.07, 6.45) is 4.62. The molecule has 2 N–H and O–H groups in total. The number of amides is 1. The molecule has 2 rings (SSSR count). The van der Waals surface area contributed by atoms with E-state index in [-0.39, 0.29) is 12.5 Å². The van der Waals surface area contributed by atoms with E-state index in [1.807, 2.05) is 31.2 Å². The third-order valence-corrected chi connectivity index (χ3v) is 3.74. The third-order valence-electron chi connectivity index (χ3n) is 3.74. The van der Waals surface area contributed by atoms with E-state index in [0.717, 1.165) is 11.1 Å². The monoisotopic (exact) mass is 275 g/mol. The number of aryl methyl sites for hydroxylation is 1. The van der Waals surface area contributed by atoms with Crippen molar-refractivity contribution in [2.24, 2.45) is 0 Å². The fourth-order valence-electron chi connectivity index (χ4n) is 2.33. The molecule has 4 nitrogen and oxygen atoms in total. The van der Waals surface area contributed by atoms with Crippen LogP contribution in [0.15, 0.2) is 30.3 Å². The second kappa shape index (κ2) is 6.68. The number of carbonyl (C=O) groups excluding carboxylic acids is 1. The van der Waals surface area contributed by atoms with Crippen LogP contribution in [0.1, 0.15) is 24.0 Å². The number of hydrogen-bond donors (Lipinski definition) is 2. The molecule has 0 radical (unpaired) electrons. The summed E-state index contributed by atoms with van der Waals surface area (Å²) >= 11 is 0. The molecular formula is C16H21NO3. The smallest absolute Gasteiger partial charge is 0.244 e. The Hall–Kier alpha value is -1.65. The quantitative estimate of drug-likeness (QED) is 0.822. The molecule has 1 aromatic rings. The lowest BCUT2D eigenvalue weighted by Gasteiger charge is -2.35. The number of aliphatic hydroxyl groups excluding tert-OH is 1. The summed E-state index contributed by atoms with van der Waals surface area (Å²) < 4.78 is 5.27. The highest BCUT2D eigenvalue weighted by Gasteiger charge is 2.32. The molecule has 1 fully saturated rings. The molecule has 0 aromatic heterocycles. The van der Waals surface area contributed by atoms with Gasteiger partial charge < -0.3 is 15.2 Å². The highest BCUT2D eigenvalue weighted by atomic mass is 16.5. The average molecular weight is 275 g/mol. The fraction of sp³-hybridized carbons (Fsp3) is 0.438. The van der Waals surface area contributed by atoms with E-state index in [4.69, 9.17) is 4.74 Å². The first kappa shape index (κ1) is 14.8. The predicted octanol–water partition coefficient (Wildman–Crippen LogP) is 1.67. The summed E-state index contributed by atoms with van der Waals surface area (Å²) in [5.41, 5.74) is 1.61. The van der Waals surface area contributed by atoms with Crippen LogP contribution in [0.2, 0.25) is 0 Å². The molecule has 1 heterocycles. The standard InChI is InChI=1S/C16H21NO3/c1-13-4-2-3-5-14(13)6-7-15(19)17-16(12-18)8-10-20-11-9-16/h2-7,18H,8-12H2,1H3,(H,17,19)/b7-6+. The van der Waals surface area contributed by atoms with E-state index < -0.39 is 5.54 Å². The zero-order chi connectivity index (χ0) is 14.4. The lowest BCUT2D eigenvalue weighted by Crippen LogP contribution is -2.54. The summed E-state index contributed by atoms with van der Waals surface area (Å²) in [6.45, 7) is 3.09. The summed E-state index contributed by atoms with van der Waals surface area (Å²) in [5.74, 6) is -0.177. The molecule has 1 saturated heterocycles. The Bertz CT molecular complexity index is 490. The van der Waals surface area contributed by atoms with Crippen molar-refractivity contribution in [2.45, 2.75) is 25.3 Å². The zero-order valence-electron chi connectivity index (χ0n) is 11.8. The van der Waals surface area contributed by atoms with Crippen LogP contribution in [0, 0.1) is 6.92 Å². The number of benzene rings is 1. The van der Waals surface area contributed by atoms with E-state index in [9.17, 15) is 9.90 Å². The van der Waals surface area contributed by atoms with Crippen LogP contribution in [0.25, 0.3) is 6.08 Å². The van der Waals surface area contributed by atoms with Crippen LogP contribution in [0.3, 0.4) is 0 Å². The Morgan fingerprint density at radius 3 is 2.75 bits per heavy atom. The van der Waals surface area contributed by atoms with Gasteiger partial charge in [0.05, 0.1) is 12.1 Å². The molecule has 0 spiro atoms. The number of carbonyl (C=O) groups is 1. The first-order chi connectivity index (χ1) is 9.65. The van der Waals surface area contributed by atoms with Crippen molar-refractivity contribution < 1.29 is 14.6 Å². The molecule has 1 aromatic carbocycles. The topological polar surface area (TPSA) is 58.6 Å². The van der Waals surface area contributed by atoms with Gasteiger partial charge in [0, 0.05) is 19.3 Å². The predicted molar refractivity (Wildman–Crippen MR) is 78.2 cm³/mol.